The van der Waals surface area contributed by atoms with Crippen molar-refractivity contribution in [1.82, 2.24) is 4.31 Å². The van der Waals surface area contributed by atoms with Gasteiger partial charge in [0.25, 0.3) is 0 Å². The average molecular weight is 333 g/mol. The molecule has 1 rings (SSSR count). The second-order valence-corrected chi connectivity index (χ2v) is 7.90. The van der Waals surface area contributed by atoms with Crippen molar-refractivity contribution < 1.29 is 8.42 Å². The summed E-state index contributed by atoms with van der Waals surface area (Å²) in [7, 11) is -1.99. The Morgan fingerprint density at radius 2 is 2.05 bits per heavy atom. The van der Waals surface area contributed by atoms with E-state index in [4.69, 9.17) is 18.0 Å². The van der Waals surface area contributed by atoms with E-state index in [1.54, 1.807) is 43.1 Å². The zero-order valence-corrected chi connectivity index (χ0v) is 14.3. The first kappa shape index (κ1) is 17.4. The molecule has 0 radical (unpaired) electrons. The number of thioether (sulfide) groups is 1. The van der Waals surface area contributed by atoms with Crippen LogP contribution in [0.4, 0.5) is 0 Å². The highest BCUT2D eigenvalue weighted by molar-refractivity contribution is 7.98. The van der Waals surface area contributed by atoms with Crippen molar-refractivity contribution in [3.05, 3.63) is 29.8 Å². The van der Waals surface area contributed by atoms with Gasteiger partial charge in [0.2, 0.25) is 10.0 Å². The fourth-order valence-electron chi connectivity index (χ4n) is 1.76. The van der Waals surface area contributed by atoms with Crippen molar-refractivity contribution in [3.8, 4) is 0 Å². The third-order valence-corrected chi connectivity index (χ3v) is 6.06. The molecule has 0 aliphatic rings. The Balaban J connectivity index is 3.14. The highest BCUT2D eigenvalue weighted by Crippen LogP contribution is 2.22. The minimum absolute atomic E-state index is 0.0770. The van der Waals surface area contributed by atoms with Crippen LogP contribution in [0.5, 0.6) is 0 Å². The molecule has 2 N–H and O–H groups in total. The molecule has 1 aromatic carbocycles. The van der Waals surface area contributed by atoms with Crippen LogP contribution in [0.1, 0.15) is 18.9 Å². The van der Waals surface area contributed by atoms with Crippen molar-refractivity contribution in [2.75, 3.05) is 19.1 Å². The maximum atomic E-state index is 12.7. The predicted molar refractivity (Wildman–Crippen MR) is 89.7 cm³/mol. The molecule has 0 fully saturated rings. The minimum Gasteiger partial charge on any atom is -0.389 e. The molecule has 1 atom stereocenters. The molecule has 20 heavy (non-hydrogen) atoms. The highest BCUT2D eigenvalue weighted by atomic mass is 32.2. The van der Waals surface area contributed by atoms with E-state index in [1.807, 2.05) is 13.2 Å². The molecule has 7 heteroatoms. The number of hydrogen-bond donors (Lipinski definition) is 1. The normalized spacial score (nSPS) is 13.4. The number of rotatable bonds is 7. The Morgan fingerprint density at radius 3 is 2.60 bits per heavy atom. The van der Waals surface area contributed by atoms with Crippen LogP contribution in [0.2, 0.25) is 0 Å². The largest absolute Gasteiger partial charge is 0.389 e. The fraction of sp³-hybridized carbons (Fsp3) is 0.462. The van der Waals surface area contributed by atoms with Gasteiger partial charge in [-0.3, -0.25) is 0 Å². The summed E-state index contributed by atoms with van der Waals surface area (Å²) in [6, 6.07) is 6.50. The molecule has 0 aliphatic heterocycles. The second-order valence-electron chi connectivity index (χ2n) is 4.51. The van der Waals surface area contributed by atoms with Crippen LogP contribution < -0.4 is 5.73 Å². The van der Waals surface area contributed by atoms with Gasteiger partial charge >= 0.3 is 0 Å². The molecular weight excluding hydrogens is 312 g/mol. The summed E-state index contributed by atoms with van der Waals surface area (Å²) >= 11 is 6.63. The van der Waals surface area contributed by atoms with Crippen LogP contribution >= 0.6 is 24.0 Å². The van der Waals surface area contributed by atoms with Gasteiger partial charge in [-0.2, -0.15) is 16.1 Å². The van der Waals surface area contributed by atoms with E-state index in [-0.39, 0.29) is 15.9 Å². The first-order valence-corrected chi connectivity index (χ1v) is 9.42. The standard InChI is InChI=1S/C13H20N2O2S3/c1-10(8-9-19-3)15(2)20(16,17)12-7-5-4-6-11(12)13(14)18/h4-7,10H,8-9H2,1-3H3,(H2,14,18). The van der Waals surface area contributed by atoms with Crippen LogP contribution in [0.25, 0.3) is 0 Å². The summed E-state index contributed by atoms with van der Waals surface area (Å²) in [5, 5.41) is 0. The smallest absolute Gasteiger partial charge is 0.243 e. The quantitative estimate of drug-likeness (QED) is 0.775. The third kappa shape index (κ3) is 3.94. The molecule has 4 nitrogen and oxygen atoms in total. The number of benzene rings is 1. The lowest BCUT2D eigenvalue weighted by Gasteiger charge is -2.25. The first-order valence-electron chi connectivity index (χ1n) is 6.18. The molecule has 1 aromatic rings. The Morgan fingerprint density at radius 1 is 1.45 bits per heavy atom. The van der Waals surface area contributed by atoms with E-state index in [9.17, 15) is 8.42 Å². The minimum atomic E-state index is -3.59. The predicted octanol–water partition coefficient (Wildman–Crippen LogP) is 2.08. The van der Waals surface area contributed by atoms with Crippen LogP contribution in [0.15, 0.2) is 29.2 Å². The van der Waals surface area contributed by atoms with Gasteiger partial charge in [-0.25, -0.2) is 8.42 Å². The van der Waals surface area contributed by atoms with Gasteiger partial charge in [-0.15, -0.1) is 0 Å². The first-order chi connectivity index (χ1) is 9.32. The van der Waals surface area contributed by atoms with Gasteiger partial charge in [0.05, 0.1) is 4.90 Å². The number of nitrogens with two attached hydrogens (primary N) is 1. The van der Waals surface area contributed by atoms with Gasteiger partial charge in [0.1, 0.15) is 4.99 Å². The summed E-state index contributed by atoms with van der Waals surface area (Å²) in [5.41, 5.74) is 6.01. The van der Waals surface area contributed by atoms with Gasteiger partial charge < -0.3 is 5.73 Å². The van der Waals surface area contributed by atoms with E-state index >= 15 is 0 Å². The van der Waals surface area contributed by atoms with Gasteiger partial charge in [0, 0.05) is 18.7 Å². The van der Waals surface area contributed by atoms with Crippen molar-refractivity contribution in [2.24, 2.45) is 5.73 Å². The molecule has 0 aromatic heterocycles. The Bertz CT molecular complexity index is 573. The van der Waals surface area contributed by atoms with Crippen molar-refractivity contribution in [1.29, 1.82) is 0 Å². The Kier molecular flexibility index (Phi) is 6.44. The molecule has 0 bridgehead atoms. The summed E-state index contributed by atoms with van der Waals surface area (Å²) in [4.78, 5) is 0.264. The topological polar surface area (TPSA) is 63.4 Å². The van der Waals surface area contributed by atoms with Crippen LogP contribution in [-0.2, 0) is 10.0 Å². The maximum absolute atomic E-state index is 12.7. The van der Waals surface area contributed by atoms with Crippen LogP contribution in [0, 0.1) is 0 Å². The van der Waals surface area contributed by atoms with E-state index in [0.29, 0.717) is 5.56 Å². The van der Waals surface area contributed by atoms with E-state index in [1.165, 1.54) is 4.31 Å². The average Bonchev–Trinajstić information content (AvgIpc) is 2.43. The summed E-state index contributed by atoms with van der Waals surface area (Å²) in [5.74, 6) is 0.915. The van der Waals surface area contributed by atoms with Crippen molar-refractivity contribution in [3.63, 3.8) is 0 Å². The zero-order chi connectivity index (χ0) is 15.3. The lowest BCUT2D eigenvalue weighted by atomic mass is 10.2. The SMILES string of the molecule is CSCCC(C)N(C)S(=O)(=O)c1ccccc1C(N)=S. The fourth-order valence-corrected chi connectivity index (χ4v) is 4.17. The molecule has 0 aliphatic carbocycles. The monoisotopic (exact) mass is 332 g/mol. The Hall–Kier alpha value is -0.630. The molecular formula is C13H20N2O2S3. The molecule has 0 spiro atoms. The van der Waals surface area contributed by atoms with Crippen LogP contribution in [-0.4, -0.2) is 42.8 Å². The second kappa shape index (κ2) is 7.40. The Labute approximate surface area is 130 Å². The van der Waals surface area contributed by atoms with E-state index in [0.717, 1.165) is 12.2 Å². The zero-order valence-electron chi connectivity index (χ0n) is 11.9. The van der Waals surface area contributed by atoms with Gasteiger partial charge in [0.15, 0.2) is 0 Å². The summed E-state index contributed by atoms with van der Waals surface area (Å²) in [6.45, 7) is 1.90. The number of nitrogens with zero attached hydrogens (tertiary/aromatic N) is 1. The molecule has 0 saturated carbocycles. The van der Waals surface area contributed by atoms with E-state index < -0.39 is 10.0 Å². The molecule has 1 unspecified atom stereocenters. The molecule has 0 amide bonds. The van der Waals surface area contributed by atoms with E-state index in [2.05, 4.69) is 0 Å². The maximum Gasteiger partial charge on any atom is 0.243 e. The molecule has 112 valence electrons. The summed E-state index contributed by atoms with van der Waals surface area (Å²) < 4.78 is 26.7. The molecule has 0 saturated heterocycles. The summed E-state index contributed by atoms with van der Waals surface area (Å²) in [6.07, 6.45) is 2.80. The van der Waals surface area contributed by atoms with Gasteiger partial charge in [-0.05, 0) is 31.4 Å². The number of thiocarbonyl (C=S) groups is 1. The van der Waals surface area contributed by atoms with Gasteiger partial charge in [-0.1, -0.05) is 30.4 Å². The van der Waals surface area contributed by atoms with Crippen LogP contribution in [0.3, 0.4) is 0 Å². The highest BCUT2D eigenvalue weighted by Gasteiger charge is 2.27. The molecule has 0 heterocycles. The number of hydrogen-bond acceptors (Lipinski definition) is 4. The lowest BCUT2D eigenvalue weighted by Crippen LogP contribution is -2.36. The number of sulfonamides is 1. The lowest BCUT2D eigenvalue weighted by molar-refractivity contribution is 0.382. The van der Waals surface area contributed by atoms with Crippen molar-refractivity contribution in [2.45, 2.75) is 24.3 Å². The third-order valence-electron chi connectivity index (χ3n) is 3.17. The van der Waals surface area contributed by atoms with Crippen molar-refractivity contribution >= 4 is 39.0 Å².